The van der Waals surface area contributed by atoms with Crippen LogP contribution in [0.25, 0.3) is 0 Å². The molecular formula is C18H20FNO6S. The van der Waals surface area contributed by atoms with Gasteiger partial charge in [0.2, 0.25) is 0 Å². The molecule has 2 aromatic carbocycles. The van der Waals surface area contributed by atoms with Crippen LogP contribution in [0.3, 0.4) is 0 Å². The van der Waals surface area contributed by atoms with Crippen molar-refractivity contribution in [2.45, 2.75) is 11.8 Å². The molecule has 9 heteroatoms. The molecule has 0 aliphatic heterocycles. The van der Waals surface area contributed by atoms with Crippen molar-refractivity contribution in [3.05, 3.63) is 48.3 Å². The van der Waals surface area contributed by atoms with Crippen molar-refractivity contribution in [1.82, 2.24) is 0 Å². The third-order valence-corrected chi connectivity index (χ3v) is 5.42. The molecule has 0 saturated carbocycles. The number of methoxy groups -OCH3 is 2. The quantitative estimate of drug-likeness (QED) is 0.637. The first-order valence-corrected chi connectivity index (χ1v) is 9.43. The van der Waals surface area contributed by atoms with E-state index in [1.54, 1.807) is 19.1 Å². The number of nitrogens with zero attached hydrogens (tertiary/aromatic N) is 1. The van der Waals surface area contributed by atoms with Crippen molar-refractivity contribution in [2.75, 3.05) is 31.7 Å². The minimum absolute atomic E-state index is 0.0876. The fraction of sp³-hybridized carbons (Fsp3) is 0.278. The first kappa shape index (κ1) is 20.5. The molecule has 0 radical (unpaired) electrons. The van der Waals surface area contributed by atoms with Crippen LogP contribution in [0.5, 0.6) is 11.5 Å². The van der Waals surface area contributed by atoms with E-state index in [0.717, 1.165) is 10.4 Å². The van der Waals surface area contributed by atoms with E-state index < -0.39 is 28.4 Å². The van der Waals surface area contributed by atoms with E-state index in [9.17, 15) is 17.6 Å². The molecule has 0 bridgehead atoms. The monoisotopic (exact) mass is 397 g/mol. The molecular weight excluding hydrogens is 377 g/mol. The van der Waals surface area contributed by atoms with Crippen LogP contribution in [0.4, 0.5) is 10.1 Å². The maximum atomic E-state index is 14.0. The van der Waals surface area contributed by atoms with E-state index in [1.807, 2.05) is 0 Å². The first-order valence-electron chi connectivity index (χ1n) is 7.99. The Morgan fingerprint density at radius 2 is 1.74 bits per heavy atom. The number of hydrogen-bond acceptors (Lipinski definition) is 6. The lowest BCUT2D eigenvalue weighted by atomic mass is 10.3. The minimum Gasteiger partial charge on any atom is -0.497 e. The second-order valence-electron chi connectivity index (χ2n) is 5.31. The second kappa shape index (κ2) is 8.72. The molecule has 0 atom stereocenters. The number of anilines is 1. The Labute approximate surface area is 157 Å². The maximum absolute atomic E-state index is 14.0. The number of ether oxygens (including phenoxy) is 3. The number of carbonyl (C=O) groups excluding carboxylic acids is 1. The van der Waals surface area contributed by atoms with Gasteiger partial charge in [-0.1, -0.05) is 0 Å². The third kappa shape index (κ3) is 4.68. The van der Waals surface area contributed by atoms with Crippen LogP contribution >= 0.6 is 0 Å². The molecule has 0 fully saturated rings. The summed E-state index contributed by atoms with van der Waals surface area (Å²) >= 11 is 0. The molecule has 27 heavy (non-hydrogen) atoms. The van der Waals surface area contributed by atoms with Crippen molar-refractivity contribution in [3.63, 3.8) is 0 Å². The fourth-order valence-corrected chi connectivity index (χ4v) is 3.74. The molecule has 146 valence electrons. The zero-order valence-corrected chi connectivity index (χ0v) is 16.0. The van der Waals surface area contributed by atoms with Crippen LogP contribution in [-0.2, 0) is 19.6 Å². The molecule has 0 N–H and O–H groups in total. The van der Waals surface area contributed by atoms with Gasteiger partial charge < -0.3 is 14.2 Å². The lowest BCUT2D eigenvalue weighted by Crippen LogP contribution is -2.36. The maximum Gasteiger partial charge on any atom is 0.326 e. The highest BCUT2D eigenvalue weighted by Gasteiger charge is 2.28. The predicted molar refractivity (Wildman–Crippen MR) is 97.1 cm³/mol. The summed E-state index contributed by atoms with van der Waals surface area (Å²) in [4.78, 5) is 11.6. The average Bonchev–Trinajstić information content (AvgIpc) is 2.66. The predicted octanol–water partition coefficient (Wildman–Crippen LogP) is 2.60. The molecule has 0 unspecified atom stereocenters. The smallest absolute Gasteiger partial charge is 0.326 e. The van der Waals surface area contributed by atoms with Gasteiger partial charge in [0.15, 0.2) is 11.6 Å². The number of carbonyl (C=O) groups is 1. The SMILES string of the molecule is CCOC(=O)CN(c1ccc(OC)cc1)S(=O)(=O)c1ccc(OC)c(F)c1. The molecule has 2 rings (SSSR count). The zero-order chi connectivity index (χ0) is 20.0. The van der Waals surface area contributed by atoms with Crippen molar-refractivity contribution in [3.8, 4) is 11.5 Å². The molecule has 7 nitrogen and oxygen atoms in total. The van der Waals surface area contributed by atoms with E-state index in [0.29, 0.717) is 5.75 Å². The van der Waals surface area contributed by atoms with Gasteiger partial charge in [-0.3, -0.25) is 9.10 Å². The van der Waals surface area contributed by atoms with Gasteiger partial charge in [-0.25, -0.2) is 12.8 Å². The number of hydrogen-bond donors (Lipinski definition) is 0. The molecule has 0 saturated heterocycles. The minimum atomic E-state index is -4.24. The van der Waals surface area contributed by atoms with Crippen LogP contribution < -0.4 is 13.8 Å². The average molecular weight is 397 g/mol. The van der Waals surface area contributed by atoms with Gasteiger partial charge in [0.05, 0.1) is 31.4 Å². The van der Waals surface area contributed by atoms with Crippen LogP contribution in [0.15, 0.2) is 47.4 Å². The topological polar surface area (TPSA) is 82.1 Å². The summed E-state index contributed by atoms with van der Waals surface area (Å²) in [5.41, 5.74) is 0.208. The van der Waals surface area contributed by atoms with Crippen LogP contribution in [0.2, 0.25) is 0 Å². The molecule has 0 amide bonds. The van der Waals surface area contributed by atoms with Crippen LogP contribution in [-0.4, -0.2) is 41.8 Å². The summed E-state index contributed by atoms with van der Waals surface area (Å²) < 4.78 is 55.7. The Bertz CT molecular complexity index is 899. The van der Waals surface area contributed by atoms with E-state index >= 15 is 0 Å². The van der Waals surface area contributed by atoms with Gasteiger partial charge in [-0.05, 0) is 49.4 Å². The Morgan fingerprint density at radius 3 is 2.26 bits per heavy atom. The number of halogens is 1. The summed E-state index contributed by atoms with van der Waals surface area (Å²) in [5, 5.41) is 0. The normalized spacial score (nSPS) is 11.0. The standard InChI is InChI=1S/C18H20FNO6S/c1-4-26-18(21)12-20(13-5-7-14(24-2)8-6-13)27(22,23)15-9-10-17(25-3)16(19)11-15/h5-11H,4,12H2,1-3H3. The molecule has 0 aliphatic rings. The zero-order valence-electron chi connectivity index (χ0n) is 15.1. The molecule has 0 heterocycles. The Morgan fingerprint density at radius 1 is 1.07 bits per heavy atom. The first-order chi connectivity index (χ1) is 12.8. The highest BCUT2D eigenvalue weighted by atomic mass is 32.2. The van der Waals surface area contributed by atoms with E-state index in [2.05, 4.69) is 0 Å². The van der Waals surface area contributed by atoms with Crippen molar-refractivity contribution >= 4 is 21.7 Å². The number of sulfonamides is 1. The van der Waals surface area contributed by atoms with Crippen molar-refractivity contribution < 1.29 is 31.8 Å². The molecule has 0 aromatic heterocycles. The third-order valence-electron chi connectivity index (χ3n) is 3.65. The van der Waals surface area contributed by atoms with Gasteiger partial charge in [0.25, 0.3) is 10.0 Å². The largest absolute Gasteiger partial charge is 0.497 e. The van der Waals surface area contributed by atoms with E-state index in [4.69, 9.17) is 14.2 Å². The summed E-state index contributed by atoms with van der Waals surface area (Å²) in [7, 11) is -1.49. The fourth-order valence-electron chi connectivity index (χ4n) is 2.32. The van der Waals surface area contributed by atoms with Gasteiger partial charge >= 0.3 is 5.97 Å². The van der Waals surface area contributed by atoms with Gasteiger partial charge in [0, 0.05) is 0 Å². The Hall–Kier alpha value is -2.81. The van der Waals surface area contributed by atoms with Gasteiger partial charge in [-0.2, -0.15) is 0 Å². The molecule has 2 aromatic rings. The highest BCUT2D eigenvalue weighted by Crippen LogP contribution is 2.28. The second-order valence-corrected chi connectivity index (χ2v) is 7.17. The lowest BCUT2D eigenvalue weighted by Gasteiger charge is -2.24. The Kier molecular flexibility index (Phi) is 6.62. The number of benzene rings is 2. The van der Waals surface area contributed by atoms with Crippen molar-refractivity contribution in [1.29, 1.82) is 0 Å². The highest BCUT2D eigenvalue weighted by molar-refractivity contribution is 7.92. The van der Waals surface area contributed by atoms with E-state index in [1.165, 1.54) is 38.5 Å². The summed E-state index contributed by atoms with van der Waals surface area (Å²) in [6, 6.07) is 9.33. The summed E-state index contributed by atoms with van der Waals surface area (Å²) in [5.74, 6) is -1.13. The molecule has 0 aliphatic carbocycles. The number of rotatable bonds is 8. The molecule has 0 spiro atoms. The van der Waals surface area contributed by atoms with Crippen molar-refractivity contribution in [2.24, 2.45) is 0 Å². The van der Waals surface area contributed by atoms with Crippen LogP contribution in [0, 0.1) is 5.82 Å². The van der Waals surface area contributed by atoms with Gasteiger partial charge in [0.1, 0.15) is 12.3 Å². The summed E-state index contributed by atoms with van der Waals surface area (Å²) in [6.07, 6.45) is 0. The van der Waals surface area contributed by atoms with Crippen LogP contribution in [0.1, 0.15) is 6.92 Å². The van der Waals surface area contributed by atoms with Gasteiger partial charge in [-0.15, -0.1) is 0 Å². The Balaban J connectivity index is 2.49. The summed E-state index contributed by atoms with van der Waals surface area (Å²) in [6.45, 7) is 1.16. The van der Waals surface area contributed by atoms with E-state index in [-0.39, 0.29) is 22.9 Å². The lowest BCUT2D eigenvalue weighted by molar-refractivity contribution is -0.141. The number of esters is 1.